The highest BCUT2D eigenvalue weighted by molar-refractivity contribution is 5.92. The number of carbonyl (C=O) groups is 1. The summed E-state index contributed by atoms with van der Waals surface area (Å²) in [6, 6.07) is 4.00. The standard InChI is InChI=1S/C16H26N4O/c1-12(2)19(3)11-13-6-8-20(9-7-13)16(21)15-5-4-14(17)10-18-15/h4-5,10,12-13H,6-9,11,17H2,1-3H3. The van der Waals surface area contributed by atoms with Gasteiger partial charge in [-0.3, -0.25) is 4.79 Å². The Kier molecular flexibility index (Phi) is 5.17. The Bertz CT molecular complexity index is 464. The van der Waals surface area contributed by atoms with Crippen LogP contribution in [0, 0.1) is 5.92 Å². The van der Waals surface area contributed by atoms with Crippen molar-refractivity contribution in [3.8, 4) is 0 Å². The first-order chi connectivity index (χ1) is 9.97. The molecule has 0 unspecified atom stereocenters. The van der Waals surface area contributed by atoms with Crippen molar-refractivity contribution in [3.05, 3.63) is 24.0 Å². The molecule has 2 N–H and O–H groups in total. The van der Waals surface area contributed by atoms with E-state index in [0.717, 1.165) is 32.5 Å². The third kappa shape index (κ3) is 4.17. The highest BCUT2D eigenvalue weighted by Crippen LogP contribution is 2.20. The second-order valence-corrected chi connectivity index (χ2v) is 6.25. The van der Waals surface area contributed by atoms with E-state index in [2.05, 4.69) is 30.8 Å². The van der Waals surface area contributed by atoms with Gasteiger partial charge in [0, 0.05) is 25.7 Å². The van der Waals surface area contributed by atoms with E-state index in [4.69, 9.17) is 5.73 Å². The highest BCUT2D eigenvalue weighted by atomic mass is 16.2. The van der Waals surface area contributed by atoms with Crippen LogP contribution in [0.5, 0.6) is 0 Å². The van der Waals surface area contributed by atoms with E-state index >= 15 is 0 Å². The van der Waals surface area contributed by atoms with Gasteiger partial charge in [-0.2, -0.15) is 0 Å². The van der Waals surface area contributed by atoms with E-state index in [1.807, 2.05) is 4.90 Å². The summed E-state index contributed by atoms with van der Waals surface area (Å²) in [5.41, 5.74) is 6.68. The molecular formula is C16H26N4O. The first-order valence-corrected chi connectivity index (χ1v) is 7.68. The number of nitrogen functional groups attached to an aromatic ring is 1. The summed E-state index contributed by atoms with van der Waals surface area (Å²) in [5, 5.41) is 0. The molecule has 116 valence electrons. The monoisotopic (exact) mass is 290 g/mol. The molecular weight excluding hydrogens is 264 g/mol. The number of hydrogen-bond acceptors (Lipinski definition) is 4. The molecule has 0 saturated carbocycles. The molecule has 2 rings (SSSR count). The Balaban J connectivity index is 1.86. The topological polar surface area (TPSA) is 62.5 Å². The second-order valence-electron chi connectivity index (χ2n) is 6.25. The van der Waals surface area contributed by atoms with Gasteiger partial charge < -0.3 is 15.5 Å². The van der Waals surface area contributed by atoms with Crippen LogP contribution in [0.25, 0.3) is 0 Å². The fourth-order valence-electron chi connectivity index (χ4n) is 2.63. The maximum Gasteiger partial charge on any atom is 0.272 e. The molecule has 0 radical (unpaired) electrons. The minimum absolute atomic E-state index is 0.0191. The SMILES string of the molecule is CC(C)N(C)CC1CCN(C(=O)c2ccc(N)cn2)CC1. The Morgan fingerprint density at radius 1 is 1.43 bits per heavy atom. The largest absolute Gasteiger partial charge is 0.397 e. The summed E-state index contributed by atoms with van der Waals surface area (Å²) < 4.78 is 0. The summed E-state index contributed by atoms with van der Waals surface area (Å²) >= 11 is 0. The fourth-order valence-corrected chi connectivity index (χ4v) is 2.63. The van der Waals surface area contributed by atoms with Crippen molar-refractivity contribution < 1.29 is 4.79 Å². The number of rotatable bonds is 4. The zero-order valence-electron chi connectivity index (χ0n) is 13.2. The van der Waals surface area contributed by atoms with E-state index in [0.29, 0.717) is 23.3 Å². The van der Waals surface area contributed by atoms with Gasteiger partial charge in [0.05, 0.1) is 11.9 Å². The lowest BCUT2D eigenvalue weighted by atomic mass is 9.95. The summed E-state index contributed by atoms with van der Waals surface area (Å²) in [7, 11) is 2.17. The van der Waals surface area contributed by atoms with Crippen molar-refractivity contribution in [1.29, 1.82) is 0 Å². The van der Waals surface area contributed by atoms with Crippen LogP contribution in [-0.4, -0.2) is 53.4 Å². The number of pyridine rings is 1. The summed E-state index contributed by atoms with van der Waals surface area (Å²) in [5.74, 6) is 0.700. The van der Waals surface area contributed by atoms with Gasteiger partial charge in [0.15, 0.2) is 0 Å². The lowest BCUT2D eigenvalue weighted by molar-refractivity contribution is 0.0660. The van der Waals surface area contributed by atoms with Crippen LogP contribution in [-0.2, 0) is 0 Å². The lowest BCUT2D eigenvalue weighted by Crippen LogP contribution is -2.42. The van der Waals surface area contributed by atoms with Crippen molar-refractivity contribution in [2.45, 2.75) is 32.7 Å². The Morgan fingerprint density at radius 2 is 2.10 bits per heavy atom. The van der Waals surface area contributed by atoms with Gasteiger partial charge in [0.25, 0.3) is 5.91 Å². The van der Waals surface area contributed by atoms with Crippen LogP contribution in [0.4, 0.5) is 5.69 Å². The fraction of sp³-hybridized carbons (Fsp3) is 0.625. The predicted molar refractivity (Wildman–Crippen MR) is 85.0 cm³/mol. The van der Waals surface area contributed by atoms with Gasteiger partial charge in [-0.05, 0) is 51.8 Å². The van der Waals surface area contributed by atoms with Crippen LogP contribution in [0.2, 0.25) is 0 Å². The Hall–Kier alpha value is -1.62. The van der Waals surface area contributed by atoms with Crippen molar-refractivity contribution in [3.63, 3.8) is 0 Å². The van der Waals surface area contributed by atoms with Crippen LogP contribution in [0.1, 0.15) is 37.2 Å². The third-order valence-corrected chi connectivity index (χ3v) is 4.33. The number of anilines is 1. The quantitative estimate of drug-likeness (QED) is 0.919. The lowest BCUT2D eigenvalue weighted by Gasteiger charge is -2.34. The molecule has 1 saturated heterocycles. The van der Waals surface area contributed by atoms with E-state index in [1.54, 1.807) is 12.1 Å². The normalized spacial score (nSPS) is 16.7. The molecule has 2 heterocycles. The van der Waals surface area contributed by atoms with Crippen molar-refractivity contribution in [2.75, 3.05) is 32.4 Å². The number of amides is 1. The maximum absolute atomic E-state index is 12.4. The number of carbonyl (C=O) groups excluding carboxylic acids is 1. The number of hydrogen-bond donors (Lipinski definition) is 1. The van der Waals surface area contributed by atoms with Gasteiger partial charge >= 0.3 is 0 Å². The van der Waals surface area contributed by atoms with Crippen LogP contribution >= 0.6 is 0 Å². The third-order valence-electron chi connectivity index (χ3n) is 4.33. The van der Waals surface area contributed by atoms with Gasteiger partial charge in [0.2, 0.25) is 0 Å². The molecule has 0 atom stereocenters. The Labute approximate surface area is 127 Å². The van der Waals surface area contributed by atoms with Gasteiger partial charge in [-0.15, -0.1) is 0 Å². The summed E-state index contributed by atoms with van der Waals surface area (Å²) in [6.45, 7) is 7.18. The van der Waals surface area contributed by atoms with Crippen LogP contribution in [0.3, 0.4) is 0 Å². The van der Waals surface area contributed by atoms with Crippen LogP contribution in [0.15, 0.2) is 18.3 Å². The molecule has 5 heteroatoms. The number of likely N-dealkylation sites (tertiary alicyclic amines) is 1. The first kappa shape index (κ1) is 15.8. The molecule has 0 aromatic carbocycles. The van der Waals surface area contributed by atoms with E-state index < -0.39 is 0 Å². The van der Waals surface area contributed by atoms with Gasteiger partial charge in [-0.1, -0.05) is 0 Å². The number of aromatic nitrogens is 1. The smallest absolute Gasteiger partial charge is 0.272 e. The molecule has 0 aliphatic carbocycles. The molecule has 5 nitrogen and oxygen atoms in total. The molecule has 1 aromatic heterocycles. The predicted octanol–water partition coefficient (Wildman–Crippen LogP) is 1.86. The molecule has 0 bridgehead atoms. The molecule has 1 aromatic rings. The molecule has 1 aliphatic heterocycles. The molecule has 1 fully saturated rings. The van der Waals surface area contributed by atoms with Crippen molar-refractivity contribution in [2.24, 2.45) is 5.92 Å². The first-order valence-electron chi connectivity index (χ1n) is 7.68. The minimum Gasteiger partial charge on any atom is -0.397 e. The van der Waals surface area contributed by atoms with Crippen molar-refractivity contribution >= 4 is 11.6 Å². The average molecular weight is 290 g/mol. The number of nitrogens with two attached hydrogens (primary N) is 1. The van der Waals surface area contributed by atoms with Crippen LogP contribution < -0.4 is 5.73 Å². The van der Waals surface area contributed by atoms with E-state index in [1.165, 1.54) is 6.20 Å². The Morgan fingerprint density at radius 3 is 2.62 bits per heavy atom. The minimum atomic E-state index is 0.0191. The summed E-state index contributed by atoms with van der Waals surface area (Å²) in [4.78, 5) is 20.8. The molecule has 1 amide bonds. The van der Waals surface area contributed by atoms with E-state index in [-0.39, 0.29) is 5.91 Å². The highest BCUT2D eigenvalue weighted by Gasteiger charge is 2.25. The van der Waals surface area contributed by atoms with Crippen molar-refractivity contribution in [1.82, 2.24) is 14.8 Å². The van der Waals surface area contributed by atoms with E-state index in [9.17, 15) is 4.79 Å². The number of nitrogens with zero attached hydrogens (tertiary/aromatic N) is 3. The second kappa shape index (κ2) is 6.89. The zero-order chi connectivity index (χ0) is 15.4. The average Bonchev–Trinajstić information content (AvgIpc) is 2.48. The number of piperidine rings is 1. The maximum atomic E-state index is 12.4. The molecule has 1 aliphatic rings. The van der Waals surface area contributed by atoms with Gasteiger partial charge in [0.1, 0.15) is 5.69 Å². The van der Waals surface area contributed by atoms with Gasteiger partial charge in [-0.25, -0.2) is 4.98 Å². The zero-order valence-corrected chi connectivity index (χ0v) is 13.2. The molecule has 0 spiro atoms. The molecule has 21 heavy (non-hydrogen) atoms. The summed E-state index contributed by atoms with van der Waals surface area (Å²) in [6.07, 6.45) is 3.67.